The van der Waals surface area contributed by atoms with Gasteiger partial charge in [0.25, 0.3) is 0 Å². The molecule has 1 aliphatic rings. The van der Waals surface area contributed by atoms with Crippen molar-refractivity contribution < 1.29 is 9.47 Å². The van der Waals surface area contributed by atoms with Crippen LogP contribution in [-0.4, -0.2) is 37.9 Å². The van der Waals surface area contributed by atoms with Crippen LogP contribution in [0.15, 0.2) is 24.3 Å². The Labute approximate surface area is 132 Å². The lowest BCUT2D eigenvalue weighted by molar-refractivity contribution is 0.129. The maximum atomic E-state index is 5.70. The van der Waals surface area contributed by atoms with Gasteiger partial charge in [0.1, 0.15) is 5.75 Å². The molecular weight excluding hydrogens is 282 g/mol. The minimum Gasteiger partial charge on any atom is -0.496 e. The number of nitrogens with one attached hydrogen (secondary N) is 1. The highest BCUT2D eigenvalue weighted by atomic mass is 32.2. The predicted octanol–water partition coefficient (Wildman–Crippen LogP) is 3.65. The van der Waals surface area contributed by atoms with Gasteiger partial charge in [-0.2, -0.15) is 11.8 Å². The van der Waals surface area contributed by atoms with Gasteiger partial charge in [-0.05, 0) is 31.9 Å². The molecule has 1 aliphatic heterocycles. The molecule has 1 aromatic carbocycles. The zero-order valence-electron chi connectivity index (χ0n) is 13.1. The molecule has 0 saturated carbocycles. The van der Waals surface area contributed by atoms with E-state index in [1.54, 1.807) is 7.11 Å². The van der Waals surface area contributed by atoms with Gasteiger partial charge in [0, 0.05) is 29.7 Å². The smallest absolute Gasteiger partial charge is 0.123 e. The number of benzene rings is 1. The number of hydrogen-bond donors (Lipinski definition) is 1. The normalized spacial score (nSPS) is 19.6. The van der Waals surface area contributed by atoms with E-state index >= 15 is 0 Å². The molecular formula is C17H27NO2S. The Bertz CT molecular complexity index is 408. The van der Waals surface area contributed by atoms with Gasteiger partial charge in [0.05, 0.1) is 13.2 Å². The molecule has 4 heteroatoms. The van der Waals surface area contributed by atoms with E-state index in [0.717, 1.165) is 36.8 Å². The van der Waals surface area contributed by atoms with Crippen LogP contribution in [0.5, 0.6) is 5.75 Å². The minimum absolute atomic E-state index is 0.340. The Hall–Kier alpha value is -0.710. The summed E-state index contributed by atoms with van der Waals surface area (Å²) >= 11 is 1.98. The van der Waals surface area contributed by atoms with Crippen molar-refractivity contribution in [3.63, 3.8) is 0 Å². The molecule has 0 radical (unpaired) electrons. The van der Waals surface area contributed by atoms with Gasteiger partial charge in [0.2, 0.25) is 0 Å². The van der Waals surface area contributed by atoms with Gasteiger partial charge in [0.15, 0.2) is 0 Å². The second kappa shape index (κ2) is 9.34. The fourth-order valence-electron chi connectivity index (χ4n) is 2.62. The van der Waals surface area contributed by atoms with E-state index in [0.29, 0.717) is 12.1 Å². The molecule has 2 unspecified atom stereocenters. The zero-order valence-corrected chi connectivity index (χ0v) is 14.0. The first kappa shape index (κ1) is 16.7. The fourth-order valence-corrected chi connectivity index (χ4v) is 3.82. The molecule has 21 heavy (non-hydrogen) atoms. The van der Waals surface area contributed by atoms with Gasteiger partial charge in [-0.25, -0.2) is 0 Å². The first-order valence-electron chi connectivity index (χ1n) is 7.90. The number of para-hydroxylation sites is 1. The lowest BCUT2D eigenvalue weighted by Gasteiger charge is -2.21. The second-order valence-electron chi connectivity index (χ2n) is 5.42. The summed E-state index contributed by atoms with van der Waals surface area (Å²) in [4.78, 5) is 0. The van der Waals surface area contributed by atoms with E-state index in [4.69, 9.17) is 9.47 Å². The van der Waals surface area contributed by atoms with Crippen LogP contribution in [0.2, 0.25) is 0 Å². The second-order valence-corrected chi connectivity index (χ2v) is 6.50. The molecule has 118 valence electrons. The van der Waals surface area contributed by atoms with Crippen LogP contribution in [0.3, 0.4) is 0 Å². The Morgan fingerprint density at radius 2 is 2.29 bits per heavy atom. The first-order valence-corrected chi connectivity index (χ1v) is 9.06. The quantitative estimate of drug-likeness (QED) is 0.754. The number of ether oxygens (including phenoxy) is 2. The molecule has 1 heterocycles. The number of methoxy groups -OCH3 is 1. The summed E-state index contributed by atoms with van der Waals surface area (Å²) < 4.78 is 11.2. The molecule has 0 amide bonds. The third-order valence-corrected chi connectivity index (χ3v) is 4.94. The summed E-state index contributed by atoms with van der Waals surface area (Å²) in [6.45, 7) is 4.17. The average Bonchev–Trinajstić information content (AvgIpc) is 3.04. The molecule has 1 aromatic rings. The van der Waals surface area contributed by atoms with Crippen molar-refractivity contribution in [3.05, 3.63) is 29.8 Å². The van der Waals surface area contributed by atoms with E-state index < -0.39 is 0 Å². The number of thioether (sulfide) groups is 1. The van der Waals surface area contributed by atoms with Gasteiger partial charge >= 0.3 is 0 Å². The fraction of sp³-hybridized carbons (Fsp3) is 0.647. The predicted molar refractivity (Wildman–Crippen MR) is 90.3 cm³/mol. The van der Waals surface area contributed by atoms with Crippen LogP contribution in [0, 0.1) is 0 Å². The zero-order chi connectivity index (χ0) is 14.9. The average molecular weight is 309 g/mol. The van der Waals surface area contributed by atoms with Crippen molar-refractivity contribution in [2.24, 2.45) is 0 Å². The van der Waals surface area contributed by atoms with Crippen molar-refractivity contribution in [1.82, 2.24) is 5.32 Å². The lowest BCUT2D eigenvalue weighted by Crippen LogP contribution is -2.25. The SMILES string of the molecule is CCCNC(CSCC1CCCO1)c1ccccc1OC. The molecule has 1 N–H and O–H groups in total. The largest absolute Gasteiger partial charge is 0.496 e. The van der Waals surface area contributed by atoms with Gasteiger partial charge in [-0.15, -0.1) is 0 Å². The Morgan fingerprint density at radius 1 is 1.43 bits per heavy atom. The summed E-state index contributed by atoms with van der Waals surface area (Å²) in [6, 6.07) is 8.66. The topological polar surface area (TPSA) is 30.5 Å². The van der Waals surface area contributed by atoms with Crippen molar-refractivity contribution >= 4 is 11.8 Å². The third-order valence-electron chi connectivity index (χ3n) is 3.77. The number of rotatable bonds is 9. The highest BCUT2D eigenvalue weighted by Crippen LogP contribution is 2.28. The monoisotopic (exact) mass is 309 g/mol. The summed E-state index contributed by atoms with van der Waals surface area (Å²) in [6.07, 6.45) is 4.03. The Kier molecular flexibility index (Phi) is 7.41. The van der Waals surface area contributed by atoms with Crippen molar-refractivity contribution in [1.29, 1.82) is 0 Å². The Balaban J connectivity index is 1.92. The van der Waals surface area contributed by atoms with E-state index in [1.165, 1.54) is 18.4 Å². The summed E-state index contributed by atoms with van der Waals surface area (Å²) in [5.41, 5.74) is 1.26. The molecule has 2 atom stereocenters. The summed E-state index contributed by atoms with van der Waals surface area (Å²) in [5.74, 6) is 3.13. The van der Waals surface area contributed by atoms with Gasteiger partial charge in [-0.3, -0.25) is 0 Å². The van der Waals surface area contributed by atoms with E-state index in [2.05, 4.69) is 24.4 Å². The third kappa shape index (κ3) is 5.20. The van der Waals surface area contributed by atoms with Crippen molar-refractivity contribution in [2.75, 3.05) is 31.8 Å². The molecule has 0 bridgehead atoms. The highest BCUT2D eigenvalue weighted by Gasteiger charge is 2.18. The van der Waals surface area contributed by atoms with Gasteiger partial charge in [-0.1, -0.05) is 25.1 Å². The van der Waals surface area contributed by atoms with E-state index in [9.17, 15) is 0 Å². The molecule has 3 nitrogen and oxygen atoms in total. The number of hydrogen-bond acceptors (Lipinski definition) is 4. The molecule has 1 fully saturated rings. The molecule has 0 spiro atoms. The van der Waals surface area contributed by atoms with Crippen molar-refractivity contribution in [3.8, 4) is 5.75 Å². The van der Waals surface area contributed by atoms with Crippen LogP contribution < -0.4 is 10.1 Å². The van der Waals surface area contributed by atoms with Crippen molar-refractivity contribution in [2.45, 2.75) is 38.3 Å². The summed E-state index contributed by atoms with van der Waals surface area (Å²) in [7, 11) is 1.75. The Morgan fingerprint density at radius 3 is 3.00 bits per heavy atom. The van der Waals surface area contributed by atoms with Crippen LogP contribution in [0.4, 0.5) is 0 Å². The molecule has 2 rings (SSSR count). The van der Waals surface area contributed by atoms with Crippen LogP contribution >= 0.6 is 11.8 Å². The van der Waals surface area contributed by atoms with E-state index in [1.807, 2.05) is 23.9 Å². The van der Waals surface area contributed by atoms with Crippen LogP contribution in [0.1, 0.15) is 37.8 Å². The lowest BCUT2D eigenvalue weighted by atomic mass is 10.1. The molecule has 1 saturated heterocycles. The molecule has 0 aliphatic carbocycles. The maximum Gasteiger partial charge on any atom is 0.123 e. The standard InChI is InChI=1S/C17H27NO2S/c1-3-10-18-16(13-21-12-14-7-6-11-20-14)15-8-4-5-9-17(15)19-2/h4-5,8-9,14,16,18H,3,6-7,10-13H2,1-2H3. The first-order chi connectivity index (χ1) is 10.3. The van der Waals surface area contributed by atoms with Crippen LogP contribution in [-0.2, 0) is 4.74 Å². The molecule has 0 aromatic heterocycles. The minimum atomic E-state index is 0.340. The van der Waals surface area contributed by atoms with E-state index in [-0.39, 0.29) is 0 Å². The maximum absolute atomic E-state index is 5.70. The highest BCUT2D eigenvalue weighted by molar-refractivity contribution is 7.99. The van der Waals surface area contributed by atoms with Gasteiger partial charge < -0.3 is 14.8 Å². The summed E-state index contributed by atoms with van der Waals surface area (Å²) in [5, 5.41) is 3.64. The van der Waals surface area contributed by atoms with Crippen LogP contribution in [0.25, 0.3) is 0 Å².